The molecular formula is C16H22ClIN2O. The van der Waals surface area contributed by atoms with Crippen LogP contribution in [0.15, 0.2) is 18.2 Å². The van der Waals surface area contributed by atoms with Crippen molar-refractivity contribution in [3.63, 3.8) is 0 Å². The van der Waals surface area contributed by atoms with E-state index >= 15 is 0 Å². The lowest BCUT2D eigenvalue weighted by molar-refractivity contribution is -0.117. The molecule has 21 heavy (non-hydrogen) atoms. The van der Waals surface area contributed by atoms with Crippen LogP contribution in [-0.2, 0) is 4.79 Å². The summed E-state index contributed by atoms with van der Waals surface area (Å²) in [6.07, 6.45) is 5.57. The number of benzene rings is 1. The van der Waals surface area contributed by atoms with Crippen molar-refractivity contribution < 1.29 is 4.79 Å². The van der Waals surface area contributed by atoms with Crippen molar-refractivity contribution in [1.82, 2.24) is 5.32 Å². The fraction of sp³-hybridized carbons (Fsp3) is 0.562. The van der Waals surface area contributed by atoms with E-state index < -0.39 is 0 Å². The van der Waals surface area contributed by atoms with Gasteiger partial charge >= 0.3 is 0 Å². The first kappa shape index (κ1) is 17.0. The highest BCUT2D eigenvalue weighted by Crippen LogP contribution is 2.32. The molecule has 2 aliphatic heterocycles. The molecule has 3 nitrogen and oxygen atoms in total. The van der Waals surface area contributed by atoms with Gasteiger partial charge in [-0.1, -0.05) is 0 Å². The molecule has 2 N–H and O–H groups in total. The van der Waals surface area contributed by atoms with Crippen molar-refractivity contribution >= 4 is 46.6 Å². The lowest BCUT2D eigenvalue weighted by Gasteiger charge is -2.28. The fourth-order valence-electron chi connectivity index (χ4n) is 3.57. The Hall–Kier alpha value is -0.330. The number of amides is 1. The van der Waals surface area contributed by atoms with E-state index in [1.807, 2.05) is 19.1 Å². The summed E-state index contributed by atoms with van der Waals surface area (Å²) in [5, 5.41) is 6.70. The Morgan fingerprint density at radius 3 is 2.62 bits per heavy atom. The van der Waals surface area contributed by atoms with Crippen LogP contribution in [0.2, 0.25) is 0 Å². The lowest BCUT2D eigenvalue weighted by Crippen LogP contribution is -2.39. The number of carbonyl (C=O) groups is 1. The molecule has 0 aromatic heterocycles. The fourth-order valence-corrected chi connectivity index (χ4v) is 4.22. The van der Waals surface area contributed by atoms with Crippen LogP contribution < -0.4 is 10.6 Å². The largest absolute Gasteiger partial charge is 0.326 e. The predicted molar refractivity (Wildman–Crippen MR) is 97.1 cm³/mol. The molecule has 2 heterocycles. The molecule has 0 spiro atoms. The van der Waals surface area contributed by atoms with Gasteiger partial charge in [-0.2, -0.15) is 0 Å². The minimum absolute atomic E-state index is 0. The van der Waals surface area contributed by atoms with Crippen LogP contribution in [0, 0.1) is 16.4 Å². The normalized spacial score (nSPS) is 27.0. The molecule has 116 valence electrons. The molecule has 1 aromatic carbocycles. The quantitative estimate of drug-likeness (QED) is 0.729. The van der Waals surface area contributed by atoms with Gasteiger partial charge in [0.1, 0.15) is 0 Å². The Labute approximate surface area is 146 Å². The number of fused-ring (bicyclic) bond motifs is 2. The van der Waals surface area contributed by atoms with E-state index in [9.17, 15) is 4.79 Å². The highest BCUT2D eigenvalue weighted by atomic mass is 127. The Morgan fingerprint density at radius 1 is 1.33 bits per heavy atom. The number of nitrogens with one attached hydrogen (secondary N) is 2. The summed E-state index contributed by atoms with van der Waals surface area (Å²) in [7, 11) is 0. The monoisotopic (exact) mass is 420 g/mol. The number of piperidine rings is 1. The van der Waals surface area contributed by atoms with Gasteiger partial charge in [0.15, 0.2) is 0 Å². The first-order chi connectivity index (χ1) is 9.60. The molecular weight excluding hydrogens is 399 g/mol. The zero-order valence-corrected chi connectivity index (χ0v) is 15.2. The summed E-state index contributed by atoms with van der Waals surface area (Å²) in [4.78, 5) is 12.2. The van der Waals surface area contributed by atoms with Crippen LogP contribution in [0.3, 0.4) is 0 Å². The molecule has 1 aromatic rings. The second-order valence-corrected chi connectivity index (χ2v) is 7.43. The van der Waals surface area contributed by atoms with Crippen molar-refractivity contribution in [3.8, 4) is 0 Å². The number of hydrogen-bond donors (Lipinski definition) is 2. The topological polar surface area (TPSA) is 41.1 Å². The number of anilines is 1. The van der Waals surface area contributed by atoms with E-state index in [-0.39, 0.29) is 18.3 Å². The average Bonchev–Trinajstić information content (AvgIpc) is 2.72. The van der Waals surface area contributed by atoms with Gasteiger partial charge in [-0.15, -0.1) is 12.4 Å². The minimum atomic E-state index is 0. The van der Waals surface area contributed by atoms with Crippen molar-refractivity contribution in [3.05, 3.63) is 27.3 Å². The summed E-state index contributed by atoms with van der Waals surface area (Å²) in [5.41, 5.74) is 2.09. The van der Waals surface area contributed by atoms with Crippen molar-refractivity contribution in [2.24, 2.45) is 5.92 Å². The molecule has 1 amide bonds. The summed E-state index contributed by atoms with van der Waals surface area (Å²) < 4.78 is 1.20. The smallest absolute Gasteiger partial charge is 0.224 e. The standard InChI is InChI=1S/C16H21IN2O.ClH/c1-10-6-12(17)2-5-15(10)19-16(20)9-11-7-13-3-4-14(8-11)18-13;/h2,5-6,11,13-14,18H,3-4,7-9H2,1H3,(H,19,20);1H. The lowest BCUT2D eigenvalue weighted by atomic mass is 9.89. The minimum Gasteiger partial charge on any atom is -0.326 e. The number of aryl methyl sites for hydroxylation is 1. The summed E-state index contributed by atoms with van der Waals surface area (Å²) in [6.45, 7) is 2.04. The zero-order chi connectivity index (χ0) is 14.1. The third kappa shape index (κ3) is 4.33. The van der Waals surface area contributed by atoms with Crippen LogP contribution in [0.1, 0.15) is 37.7 Å². The van der Waals surface area contributed by atoms with E-state index in [1.54, 1.807) is 0 Å². The summed E-state index contributed by atoms with van der Waals surface area (Å²) in [5.74, 6) is 0.721. The number of halogens is 2. The molecule has 2 saturated heterocycles. The number of rotatable bonds is 3. The zero-order valence-electron chi connectivity index (χ0n) is 12.2. The van der Waals surface area contributed by atoms with Gasteiger partial charge in [0.25, 0.3) is 0 Å². The van der Waals surface area contributed by atoms with E-state index in [2.05, 4.69) is 39.3 Å². The molecule has 0 radical (unpaired) electrons. The van der Waals surface area contributed by atoms with Gasteiger partial charge < -0.3 is 10.6 Å². The number of carbonyl (C=O) groups excluding carboxylic acids is 1. The Balaban J connectivity index is 0.00000161. The predicted octanol–water partition coefficient (Wildman–Crippen LogP) is 3.88. The molecule has 0 aliphatic carbocycles. The van der Waals surface area contributed by atoms with Gasteiger partial charge in [0, 0.05) is 27.8 Å². The van der Waals surface area contributed by atoms with Gasteiger partial charge in [0.05, 0.1) is 0 Å². The Morgan fingerprint density at radius 2 is 2.00 bits per heavy atom. The second kappa shape index (κ2) is 7.29. The molecule has 2 aliphatic rings. The van der Waals surface area contributed by atoms with E-state index in [0.717, 1.165) is 24.1 Å². The van der Waals surface area contributed by atoms with Gasteiger partial charge in [0.2, 0.25) is 5.91 Å². The molecule has 0 saturated carbocycles. The van der Waals surface area contributed by atoms with Crippen LogP contribution in [0.4, 0.5) is 5.69 Å². The maximum absolute atomic E-state index is 12.2. The van der Waals surface area contributed by atoms with Crippen molar-refractivity contribution in [2.45, 2.75) is 51.1 Å². The third-order valence-corrected chi connectivity index (χ3v) is 5.18. The SMILES string of the molecule is Cc1cc(I)ccc1NC(=O)CC1CC2CCC(C1)N2.Cl. The second-order valence-electron chi connectivity index (χ2n) is 6.19. The molecule has 2 atom stereocenters. The number of hydrogen-bond acceptors (Lipinski definition) is 2. The highest BCUT2D eigenvalue weighted by Gasteiger charge is 2.34. The summed E-state index contributed by atoms with van der Waals surface area (Å²) in [6, 6.07) is 7.45. The van der Waals surface area contributed by atoms with Crippen molar-refractivity contribution in [1.29, 1.82) is 0 Å². The first-order valence-corrected chi connectivity index (χ1v) is 8.50. The molecule has 2 fully saturated rings. The van der Waals surface area contributed by atoms with Gasteiger partial charge in [-0.25, -0.2) is 0 Å². The van der Waals surface area contributed by atoms with Crippen molar-refractivity contribution in [2.75, 3.05) is 5.32 Å². The first-order valence-electron chi connectivity index (χ1n) is 7.42. The van der Waals surface area contributed by atoms with Gasteiger partial charge in [-0.05, 0) is 84.9 Å². The maximum atomic E-state index is 12.2. The van der Waals surface area contributed by atoms with E-state index in [1.165, 1.54) is 16.4 Å². The van der Waals surface area contributed by atoms with E-state index in [0.29, 0.717) is 24.4 Å². The van der Waals surface area contributed by atoms with E-state index in [4.69, 9.17) is 0 Å². The highest BCUT2D eigenvalue weighted by molar-refractivity contribution is 14.1. The Kier molecular flexibility index (Phi) is 5.91. The summed E-state index contributed by atoms with van der Waals surface area (Å²) >= 11 is 2.29. The van der Waals surface area contributed by atoms with Crippen LogP contribution in [-0.4, -0.2) is 18.0 Å². The third-order valence-electron chi connectivity index (χ3n) is 4.51. The molecule has 3 rings (SSSR count). The average molecular weight is 421 g/mol. The van der Waals surface area contributed by atoms with Crippen LogP contribution >= 0.6 is 35.0 Å². The molecule has 5 heteroatoms. The molecule has 2 unspecified atom stereocenters. The van der Waals surface area contributed by atoms with Crippen LogP contribution in [0.25, 0.3) is 0 Å². The maximum Gasteiger partial charge on any atom is 0.224 e. The molecule has 2 bridgehead atoms. The van der Waals surface area contributed by atoms with Crippen LogP contribution in [0.5, 0.6) is 0 Å². The Bertz CT molecular complexity index is 511. The van der Waals surface area contributed by atoms with Gasteiger partial charge in [-0.3, -0.25) is 4.79 Å².